The zero-order valence-electron chi connectivity index (χ0n) is 12.3. The van der Waals surface area contributed by atoms with E-state index in [0.717, 1.165) is 18.1 Å². The molecule has 0 aliphatic rings. The predicted molar refractivity (Wildman–Crippen MR) is 83.9 cm³/mol. The van der Waals surface area contributed by atoms with Crippen molar-refractivity contribution in [2.24, 2.45) is 0 Å². The number of nitrogens with zero attached hydrogens (tertiary/aromatic N) is 2. The first kappa shape index (κ1) is 15.1. The number of H-pyrrole nitrogens is 1. The van der Waals surface area contributed by atoms with E-state index < -0.39 is 0 Å². The Balaban J connectivity index is 2.11. The van der Waals surface area contributed by atoms with Gasteiger partial charge in [-0.25, -0.2) is 4.98 Å². The summed E-state index contributed by atoms with van der Waals surface area (Å²) in [5.74, 6) is 0. The highest BCUT2D eigenvalue weighted by Crippen LogP contribution is 2.30. The molecule has 108 valence electrons. The zero-order chi connectivity index (χ0) is 14.4. The van der Waals surface area contributed by atoms with Gasteiger partial charge in [-0.1, -0.05) is 56.8 Å². The molecule has 0 fully saturated rings. The van der Waals surface area contributed by atoms with E-state index in [1.54, 1.807) is 18.1 Å². The Labute approximate surface area is 124 Å². The fraction of sp³-hybridized carbons (Fsp3) is 0.467. The Hall–Kier alpha value is -1.33. The minimum absolute atomic E-state index is 0.306. The summed E-state index contributed by atoms with van der Waals surface area (Å²) in [7, 11) is 0. The summed E-state index contributed by atoms with van der Waals surface area (Å²) < 4.78 is 0. The molecule has 0 amide bonds. The van der Waals surface area contributed by atoms with Gasteiger partial charge in [0.1, 0.15) is 6.33 Å². The molecule has 0 bridgehead atoms. The normalized spacial score (nSPS) is 14.2. The number of aromatic amines is 1. The van der Waals surface area contributed by atoms with Gasteiger partial charge in [0.25, 0.3) is 0 Å². The predicted octanol–water partition coefficient (Wildman–Crippen LogP) is 3.20. The van der Waals surface area contributed by atoms with Crippen molar-refractivity contribution in [1.82, 2.24) is 20.5 Å². The lowest BCUT2D eigenvalue weighted by Gasteiger charge is -2.24. The zero-order valence-corrected chi connectivity index (χ0v) is 13.1. The fourth-order valence-corrected chi connectivity index (χ4v) is 3.19. The number of nitrogens with one attached hydrogen (secondary N) is 2. The first-order chi connectivity index (χ1) is 9.74. The summed E-state index contributed by atoms with van der Waals surface area (Å²) in [4.78, 5) is 4.19. The van der Waals surface area contributed by atoms with Gasteiger partial charge in [-0.2, -0.15) is 5.10 Å². The molecule has 0 aliphatic carbocycles. The van der Waals surface area contributed by atoms with Gasteiger partial charge >= 0.3 is 0 Å². The second-order valence-corrected chi connectivity index (χ2v) is 6.11. The van der Waals surface area contributed by atoms with Crippen LogP contribution in [0.4, 0.5) is 0 Å². The minimum atomic E-state index is 0.306. The molecule has 2 unspecified atom stereocenters. The average Bonchev–Trinajstić information content (AvgIpc) is 2.97. The molecule has 2 atom stereocenters. The largest absolute Gasteiger partial charge is 0.309 e. The molecule has 1 aromatic carbocycles. The standard InChI is InChI=1S/C15H22N4S/c1-4-12-6-8-13(9-7-12)14(16-5-2)11(3)20-15-17-10-18-19-15/h6-11,14,16H,4-5H2,1-3H3,(H,17,18,19). The number of benzene rings is 1. The van der Waals surface area contributed by atoms with Crippen molar-refractivity contribution in [3.63, 3.8) is 0 Å². The van der Waals surface area contributed by atoms with Crippen LogP contribution in [-0.4, -0.2) is 27.0 Å². The highest BCUT2D eigenvalue weighted by atomic mass is 32.2. The molecule has 0 spiro atoms. The van der Waals surface area contributed by atoms with E-state index in [-0.39, 0.29) is 0 Å². The fourth-order valence-electron chi connectivity index (χ4n) is 2.23. The third-order valence-electron chi connectivity index (χ3n) is 3.33. The maximum atomic E-state index is 4.19. The number of hydrogen-bond acceptors (Lipinski definition) is 4. The van der Waals surface area contributed by atoms with E-state index in [1.165, 1.54) is 11.1 Å². The lowest BCUT2D eigenvalue weighted by molar-refractivity contribution is 0.547. The van der Waals surface area contributed by atoms with Gasteiger partial charge in [-0.05, 0) is 24.1 Å². The Morgan fingerprint density at radius 2 is 2.00 bits per heavy atom. The maximum Gasteiger partial charge on any atom is 0.183 e. The Bertz CT molecular complexity index is 495. The summed E-state index contributed by atoms with van der Waals surface area (Å²) in [6, 6.07) is 9.19. The van der Waals surface area contributed by atoms with Gasteiger partial charge in [0.05, 0.1) is 0 Å². The number of rotatable bonds is 7. The summed E-state index contributed by atoms with van der Waals surface area (Å²) in [6.45, 7) is 7.48. The van der Waals surface area contributed by atoms with Gasteiger partial charge in [0, 0.05) is 11.3 Å². The van der Waals surface area contributed by atoms with E-state index in [9.17, 15) is 0 Å². The molecular formula is C15H22N4S. The Morgan fingerprint density at radius 1 is 1.25 bits per heavy atom. The van der Waals surface area contributed by atoms with Crippen molar-refractivity contribution in [3.05, 3.63) is 41.7 Å². The van der Waals surface area contributed by atoms with Gasteiger partial charge in [-0.3, -0.25) is 5.10 Å². The van der Waals surface area contributed by atoms with Crippen molar-refractivity contribution in [1.29, 1.82) is 0 Å². The molecular weight excluding hydrogens is 268 g/mol. The molecule has 5 heteroatoms. The average molecular weight is 290 g/mol. The van der Waals surface area contributed by atoms with Gasteiger partial charge in [0.15, 0.2) is 5.16 Å². The van der Waals surface area contributed by atoms with Crippen LogP contribution in [0.5, 0.6) is 0 Å². The molecule has 0 saturated carbocycles. The first-order valence-electron chi connectivity index (χ1n) is 7.08. The second-order valence-electron chi connectivity index (χ2n) is 4.74. The van der Waals surface area contributed by atoms with Crippen LogP contribution >= 0.6 is 11.8 Å². The second kappa shape index (κ2) is 7.45. The van der Waals surface area contributed by atoms with Crippen LogP contribution < -0.4 is 5.32 Å². The van der Waals surface area contributed by atoms with Crippen molar-refractivity contribution >= 4 is 11.8 Å². The summed E-state index contributed by atoms with van der Waals surface area (Å²) >= 11 is 1.71. The first-order valence-corrected chi connectivity index (χ1v) is 7.96. The maximum absolute atomic E-state index is 4.19. The van der Waals surface area contributed by atoms with Gasteiger partial charge in [-0.15, -0.1) is 0 Å². The van der Waals surface area contributed by atoms with Crippen LogP contribution in [0.15, 0.2) is 35.7 Å². The third-order valence-corrected chi connectivity index (χ3v) is 4.39. The number of hydrogen-bond donors (Lipinski definition) is 2. The number of aryl methyl sites for hydroxylation is 1. The van der Waals surface area contributed by atoms with Crippen LogP contribution in [-0.2, 0) is 6.42 Å². The van der Waals surface area contributed by atoms with Crippen LogP contribution in [0.2, 0.25) is 0 Å². The quantitative estimate of drug-likeness (QED) is 0.769. The monoisotopic (exact) mass is 290 g/mol. The third kappa shape index (κ3) is 3.84. The summed E-state index contributed by atoms with van der Waals surface area (Å²) in [5, 5.41) is 11.6. The van der Waals surface area contributed by atoms with Crippen LogP contribution in [0, 0.1) is 0 Å². The highest BCUT2D eigenvalue weighted by molar-refractivity contribution is 7.99. The van der Waals surface area contributed by atoms with E-state index in [1.807, 2.05) is 0 Å². The van der Waals surface area contributed by atoms with E-state index >= 15 is 0 Å². The molecule has 20 heavy (non-hydrogen) atoms. The molecule has 0 saturated heterocycles. The topological polar surface area (TPSA) is 53.6 Å². The number of thioether (sulfide) groups is 1. The molecule has 2 N–H and O–H groups in total. The summed E-state index contributed by atoms with van der Waals surface area (Å²) in [6.07, 6.45) is 2.63. The minimum Gasteiger partial charge on any atom is -0.309 e. The van der Waals surface area contributed by atoms with Gasteiger partial charge < -0.3 is 5.32 Å². The number of aromatic nitrogens is 3. The molecule has 0 radical (unpaired) electrons. The van der Waals surface area contributed by atoms with E-state index in [4.69, 9.17) is 0 Å². The van der Waals surface area contributed by atoms with E-state index in [2.05, 4.69) is 65.5 Å². The lowest BCUT2D eigenvalue weighted by Crippen LogP contribution is -2.28. The van der Waals surface area contributed by atoms with Gasteiger partial charge in [0.2, 0.25) is 0 Å². The summed E-state index contributed by atoms with van der Waals surface area (Å²) in [5.41, 5.74) is 2.70. The SMILES string of the molecule is CCNC(c1ccc(CC)cc1)C(C)Sc1ncn[nH]1. The molecule has 2 aromatic rings. The molecule has 2 rings (SSSR count). The Kier molecular flexibility index (Phi) is 5.61. The molecule has 4 nitrogen and oxygen atoms in total. The van der Waals surface area contributed by atoms with Crippen molar-refractivity contribution < 1.29 is 0 Å². The molecule has 1 heterocycles. The van der Waals surface area contributed by atoms with Crippen molar-refractivity contribution in [3.8, 4) is 0 Å². The van der Waals surface area contributed by atoms with Crippen LogP contribution in [0.1, 0.15) is 37.9 Å². The van der Waals surface area contributed by atoms with Crippen molar-refractivity contribution in [2.75, 3.05) is 6.54 Å². The smallest absolute Gasteiger partial charge is 0.183 e. The van der Waals surface area contributed by atoms with Crippen molar-refractivity contribution in [2.45, 2.75) is 43.6 Å². The van der Waals surface area contributed by atoms with E-state index in [0.29, 0.717) is 11.3 Å². The highest BCUT2D eigenvalue weighted by Gasteiger charge is 2.20. The Morgan fingerprint density at radius 3 is 2.55 bits per heavy atom. The van der Waals surface area contributed by atoms with Crippen LogP contribution in [0.25, 0.3) is 0 Å². The van der Waals surface area contributed by atoms with Crippen LogP contribution in [0.3, 0.4) is 0 Å². The molecule has 1 aromatic heterocycles. The lowest BCUT2D eigenvalue weighted by atomic mass is 10.0. The molecule has 0 aliphatic heterocycles.